The fraction of sp³-hybridized carbons (Fsp3) is 0.333. The van der Waals surface area contributed by atoms with Crippen LogP contribution in [0.2, 0.25) is 0 Å². The average Bonchev–Trinajstić information content (AvgIpc) is 3.11. The lowest BCUT2D eigenvalue weighted by molar-refractivity contribution is 0.443. The standard InChI is InChI=1S/C18H19N7/c1-24(14-3-2-6-20-11-14)17-4-7-21-18(23-17)15-12-22-25-8-5-13(10-19)9-16(15)25/h4-5,7-9,12,14,20H,2-3,6,11H2,1H3. The predicted octanol–water partition coefficient (Wildman–Crippen LogP) is 1.85. The number of hydrogen-bond donors (Lipinski definition) is 1. The molecule has 0 saturated carbocycles. The maximum Gasteiger partial charge on any atom is 0.165 e. The summed E-state index contributed by atoms with van der Waals surface area (Å²) >= 11 is 0. The fourth-order valence-electron chi connectivity index (χ4n) is 3.25. The van der Waals surface area contributed by atoms with Gasteiger partial charge in [-0.1, -0.05) is 0 Å². The summed E-state index contributed by atoms with van der Waals surface area (Å²) in [6, 6.07) is 8.09. The van der Waals surface area contributed by atoms with E-state index in [0.29, 0.717) is 17.4 Å². The Hall–Kier alpha value is -2.98. The van der Waals surface area contributed by atoms with Crippen LogP contribution in [0.3, 0.4) is 0 Å². The molecule has 126 valence electrons. The van der Waals surface area contributed by atoms with Gasteiger partial charge >= 0.3 is 0 Å². The van der Waals surface area contributed by atoms with Crippen molar-refractivity contribution in [1.29, 1.82) is 5.26 Å². The lowest BCUT2D eigenvalue weighted by Crippen LogP contribution is -2.44. The summed E-state index contributed by atoms with van der Waals surface area (Å²) in [6.45, 7) is 2.06. The van der Waals surface area contributed by atoms with Gasteiger partial charge in [0.15, 0.2) is 5.82 Å². The molecule has 4 heterocycles. The second kappa shape index (κ2) is 6.49. The first-order valence-corrected chi connectivity index (χ1v) is 8.41. The summed E-state index contributed by atoms with van der Waals surface area (Å²) in [5.74, 6) is 1.52. The second-order valence-electron chi connectivity index (χ2n) is 6.26. The van der Waals surface area contributed by atoms with Crippen molar-refractivity contribution in [1.82, 2.24) is 24.9 Å². The van der Waals surface area contributed by atoms with Gasteiger partial charge in [0.1, 0.15) is 5.82 Å². The Morgan fingerprint density at radius 2 is 2.32 bits per heavy atom. The minimum atomic E-state index is 0.436. The molecule has 4 rings (SSSR count). The van der Waals surface area contributed by atoms with Gasteiger partial charge in [0.25, 0.3) is 0 Å². The van der Waals surface area contributed by atoms with E-state index in [4.69, 9.17) is 10.2 Å². The van der Waals surface area contributed by atoms with E-state index in [1.165, 1.54) is 6.42 Å². The van der Waals surface area contributed by atoms with Gasteiger partial charge in [0.2, 0.25) is 0 Å². The van der Waals surface area contributed by atoms with E-state index in [1.807, 2.05) is 12.1 Å². The number of anilines is 1. The predicted molar refractivity (Wildman–Crippen MR) is 95.2 cm³/mol. The molecule has 0 aromatic carbocycles. The van der Waals surface area contributed by atoms with E-state index < -0.39 is 0 Å². The van der Waals surface area contributed by atoms with E-state index >= 15 is 0 Å². The smallest absolute Gasteiger partial charge is 0.165 e. The molecule has 0 radical (unpaired) electrons. The van der Waals surface area contributed by atoms with E-state index in [9.17, 15) is 0 Å². The zero-order chi connectivity index (χ0) is 17.2. The molecule has 1 N–H and O–H groups in total. The number of rotatable bonds is 3. The molecule has 1 fully saturated rings. The number of hydrogen-bond acceptors (Lipinski definition) is 6. The highest BCUT2D eigenvalue weighted by atomic mass is 15.2. The minimum absolute atomic E-state index is 0.436. The zero-order valence-corrected chi connectivity index (χ0v) is 14.1. The molecule has 3 aromatic heterocycles. The van der Waals surface area contributed by atoms with Gasteiger partial charge in [0.05, 0.1) is 28.9 Å². The molecule has 7 heteroatoms. The molecule has 1 atom stereocenters. The third-order valence-corrected chi connectivity index (χ3v) is 4.71. The lowest BCUT2D eigenvalue weighted by atomic mass is 10.1. The van der Waals surface area contributed by atoms with Crippen molar-refractivity contribution in [2.24, 2.45) is 0 Å². The number of piperidine rings is 1. The summed E-state index contributed by atoms with van der Waals surface area (Å²) in [5, 5.41) is 16.9. The first-order chi connectivity index (χ1) is 12.3. The van der Waals surface area contributed by atoms with Crippen LogP contribution in [0, 0.1) is 11.3 Å². The Morgan fingerprint density at radius 3 is 3.12 bits per heavy atom. The third kappa shape index (κ3) is 2.92. The maximum atomic E-state index is 9.13. The second-order valence-corrected chi connectivity index (χ2v) is 6.26. The Labute approximate surface area is 145 Å². The Kier molecular flexibility index (Phi) is 4.04. The number of nitriles is 1. The first-order valence-electron chi connectivity index (χ1n) is 8.41. The van der Waals surface area contributed by atoms with E-state index in [0.717, 1.165) is 36.4 Å². The van der Waals surface area contributed by atoms with E-state index in [-0.39, 0.29) is 0 Å². The van der Waals surface area contributed by atoms with Crippen molar-refractivity contribution >= 4 is 11.3 Å². The van der Waals surface area contributed by atoms with Crippen LogP contribution in [-0.2, 0) is 0 Å². The van der Waals surface area contributed by atoms with Crippen molar-refractivity contribution in [2.45, 2.75) is 18.9 Å². The molecule has 0 spiro atoms. The highest BCUT2D eigenvalue weighted by Crippen LogP contribution is 2.24. The van der Waals surface area contributed by atoms with Crippen LogP contribution in [-0.4, -0.2) is 45.8 Å². The first kappa shape index (κ1) is 15.5. The van der Waals surface area contributed by atoms with Crippen LogP contribution in [0.5, 0.6) is 0 Å². The van der Waals surface area contributed by atoms with Gasteiger partial charge in [-0.2, -0.15) is 10.4 Å². The monoisotopic (exact) mass is 333 g/mol. The molecule has 7 nitrogen and oxygen atoms in total. The van der Waals surface area contributed by atoms with Gasteiger partial charge in [-0.05, 0) is 37.6 Å². The minimum Gasteiger partial charge on any atom is -0.355 e. The van der Waals surface area contributed by atoms with Crippen LogP contribution >= 0.6 is 0 Å². The molecule has 1 aliphatic heterocycles. The third-order valence-electron chi connectivity index (χ3n) is 4.71. The normalized spacial score (nSPS) is 17.4. The molecule has 0 aliphatic carbocycles. The summed E-state index contributed by atoms with van der Waals surface area (Å²) in [6.07, 6.45) is 7.64. The van der Waals surface area contributed by atoms with Gasteiger partial charge in [-0.15, -0.1) is 0 Å². The lowest BCUT2D eigenvalue weighted by Gasteiger charge is -2.32. The van der Waals surface area contributed by atoms with Crippen molar-refractivity contribution in [3.63, 3.8) is 0 Å². The fourth-order valence-corrected chi connectivity index (χ4v) is 3.25. The Morgan fingerprint density at radius 1 is 1.40 bits per heavy atom. The highest BCUT2D eigenvalue weighted by molar-refractivity contribution is 5.77. The zero-order valence-electron chi connectivity index (χ0n) is 14.1. The summed E-state index contributed by atoms with van der Waals surface area (Å²) < 4.78 is 1.74. The number of nitrogens with zero attached hydrogens (tertiary/aromatic N) is 6. The summed E-state index contributed by atoms with van der Waals surface area (Å²) in [7, 11) is 2.08. The number of fused-ring (bicyclic) bond motifs is 1. The summed E-state index contributed by atoms with van der Waals surface area (Å²) in [4.78, 5) is 11.4. The van der Waals surface area contributed by atoms with Crippen molar-refractivity contribution in [3.05, 3.63) is 42.4 Å². The summed E-state index contributed by atoms with van der Waals surface area (Å²) in [5.41, 5.74) is 2.25. The highest BCUT2D eigenvalue weighted by Gasteiger charge is 2.20. The molecule has 1 aliphatic rings. The topological polar surface area (TPSA) is 82.1 Å². The number of pyridine rings is 1. The molecule has 1 saturated heterocycles. The Bertz CT molecular complexity index is 934. The van der Waals surface area contributed by atoms with Crippen LogP contribution in [0.25, 0.3) is 16.9 Å². The SMILES string of the molecule is CN(c1ccnc(-c2cnn3ccc(C#N)cc23)n1)C1CCCNC1. The van der Waals surface area contributed by atoms with Crippen LogP contribution in [0.15, 0.2) is 36.8 Å². The van der Waals surface area contributed by atoms with Crippen LogP contribution < -0.4 is 10.2 Å². The van der Waals surface area contributed by atoms with Crippen molar-refractivity contribution in [2.75, 3.05) is 25.0 Å². The quantitative estimate of drug-likeness (QED) is 0.788. The van der Waals surface area contributed by atoms with Crippen LogP contribution in [0.4, 0.5) is 5.82 Å². The van der Waals surface area contributed by atoms with Crippen LogP contribution in [0.1, 0.15) is 18.4 Å². The van der Waals surface area contributed by atoms with E-state index in [1.54, 1.807) is 29.2 Å². The average molecular weight is 333 g/mol. The van der Waals surface area contributed by atoms with Crippen molar-refractivity contribution < 1.29 is 0 Å². The largest absolute Gasteiger partial charge is 0.355 e. The molecular formula is C18H19N7. The van der Waals surface area contributed by atoms with E-state index in [2.05, 4.69) is 33.4 Å². The van der Waals surface area contributed by atoms with Gasteiger partial charge in [-0.3, -0.25) is 0 Å². The molecule has 3 aromatic rings. The molecule has 25 heavy (non-hydrogen) atoms. The molecule has 0 amide bonds. The maximum absolute atomic E-state index is 9.13. The van der Waals surface area contributed by atoms with Gasteiger partial charge in [0, 0.05) is 32.0 Å². The number of likely N-dealkylation sites (N-methyl/N-ethyl adjacent to an activating group) is 1. The molecule has 0 bridgehead atoms. The Balaban J connectivity index is 1.71. The number of aromatic nitrogens is 4. The number of nitrogens with one attached hydrogen (secondary N) is 1. The van der Waals surface area contributed by atoms with Gasteiger partial charge < -0.3 is 10.2 Å². The molecular weight excluding hydrogens is 314 g/mol. The van der Waals surface area contributed by atoms with Crippen molar-refractivity contribution in [3.8, 4) is 17.5 Å². The molecule has 1 unspecified atom stereocenters. The van der Waals surface area contributed by atoms with Gasteiger partial charge in [-0.25, -0.2) is 14.5 Å².